The molecule has 0 radical (unpaired) electrons. The van der Waals surface area contributed by atoms with E-state index in [2.05, 4.69) is 10.3 Å². The number of imidazole rings is 1. The van der Waals surface area contributed by atoms with Crippen molar-refractivity contribution in [2.75, 3.05) is 5.32 Å². The molecule has 4 aromatic rings. The number of rotatable bonds is 6. The van der Waals surface area contributed by atoms with Crippen LogP contribution in [0.15, 0.2) is 91.5 Å². The fourth-order valence-electron chi connectivity index (χ4n) is 3.24. The molecule has 0 aliphatic heterocycles. The standard InChI is InChI=1S/C23H18N4O3/c28-23(19-10-11-21(22(15-19)27(29)30)26-13-12-24-16-26)25-20-9-5-4-8-18(20)14-17-6-2-1-3-7-17/h1-13,15-16H,14H2,(H,25,28). The zero-order valence-corrected chi connectivity index (χ0v) is 15.9. The Kier molecular flexibility index (Phi) is 5.34. The van der Waals surface area contributed by atoms with Gasteiger partial charge in [0.15, 0.2) is 0 Å². The molecule has 0 spiro atoms. The third-order valence-electron chi connectivity index (χ3n) is 4.72. The molecule has 30 heavy (non-hydrogen) atoms. The number of para-hydroxylation sites is 1. The maximum atomic E-state index is 12.8. The Hall–Kier alpha value is -4.26. The highest BCUT2D eigenvalue weighted by Crippen LogP contribution is 2.25. The molecule has 0 aliphatic rings. The van der Waals surface area contributed by atoms with Gasteiger partial charge in [-0.25, -0.2) is 4.98 Å². The zero-order chi connectivity index (χ0) is 20.9. The molecule has 0 saturated carbocycles. The predicted octanol–water partition coefficient (Wildman–Crippen LogP) is 4.62. The normalized spacial score (nSPS) is 10.5. The van der Waals surface area contributed by atoms with Crippen LogP contribution in [0.5, 0.6) is 0 Å². The summed E-state index contributed by atoms with van der Waals surface area (Å²) >= 11 is 0. The van der Waals surface area contributed by atoms with E-state index in [1.54, 1.807) is 18.3 Å². The van der Waals surface area contributed by atoms with E-state index in [-0.39, 0.29) is 11.3 Å². The number of nitrogens with one attached hydrogen (secondary N) is 1. The minimum atomic E-state index is -0.505. The van der Waals surface area contributed by atoms with Crippen molar-refractivity contribution in [3.63, 3.8) is 0 Å². The zero-order valence-electron chi connectivity index (χ0n) is 15.9. The Balaban J connectivity index is 1.61. The maximum absolute atomic E-state index is 12.8. The highest BCUT2D eigenvalue weighted by Gasteiger charge is 2.19. The van der Waals surface area contributed by atoms with Crippen molar-refractivity contribution in [1.82, 2.24) is 9.55 Å². The second-order valence-electron chi connectivity index (χ2n) is 6.70. The molecule has 7 nitrogen and oxygen atoms in total. The third kappa shape index (κ3) is 4.10. The number of hydrogen-bond donors (Lipinski definition) is 1. The first-order chi connectivity index (χ1) is 14.6. The number of carbonyl (C=O) groups is 1. The molecule has 1 heterocycles. The van der Waals surface area contributed by atoms with Crippen LogP contribution >= 0.6 is 0 Å². The van der Waals surface area contributed by atoms with E-state index in [4.69, 9.17) is 0 Å². The first-order valence-electron chi connectivity index (χ1n) is 9.32. The molecule has 0 bridgehead atoms. The van der Waals surface area contributed by atoms with Gasteiger partial charge < -0.3 is 9.88 Å². The van der Waals surface area contributed by atoms with E-state index in [1.807, 2.05) is 54.6 Å². The molecule has 1 amide bonds. The molecule has 3 aromatic carbocycles. The number of hydrogen-bond acceptors (Lipinski definition) is 4. The van der Waals surface area contributed by atoms with Gasteiger partial charge in [0.1, 0.15) is 5.69 Å². The number of nitro benzene ring substituents is 1. The van der Waals surface area contributed by atoms with Crippen molar-refractivity contribution in [3.05, 3.63) is 118 Å². The minimum Gasteiger partial charge on any atom is -0.322 e. The molecule has 1 N–H and O–H groups in total. The van der Waals surface area contributed by atoms with E-state index >= 15 is 0 Å². The van der Waals surface area contributed by atoms with Crippen molar-refractivity contribution < 1.29 is 9.72 Å². The smallest absolute Gasteiger partial charge is 0.294 e. The second kappa shape index (κ2) is 8.40. The molecule has 0 fully saturated rings. The summed E-state index contributed by atoms with van der Waals surface area (Å²) in [6.07, 6.45) is 5.29. The van der Waals surface area contributed by atoms with E-state index in [9.17, 15) is 14.9 Å². The molecule has 0 unspecified atom stereocenters. The van der Waals surface area contributed by atoms with Crippen molar-refractivity contribution in [2.24, 2.45) is 0 Å². The summed E-state index contributed by atoms with van der Waals surface area (Å²) in [4.78, 5) is 27.8. The fourth-order valence-corrected chi connectivity index (χ4v) is 3.24. The third-order valence-corrected chi connectivity index (χ3v) is 4.72. The van der Waals surface area contributed by atoms with E-state index in [0.29, 0.717) is 17.8 Å². The summed E-state index contributed by atoms with van der Waals surface area (Å²) in [5.74, 6) is -0.407. The van der Waals surface area contributed by atoms with Crippen LogP contribution in [0.4, 0.5) is 11.4 Å². The molecule has 0 saturated heterocycles. The van der Waals surface area contributed by atoms with E-state index < -0.39 is 10.8 Å². The van der Waals surface area contributed by atoms with Gasteiger partial charge in [-0.2, -0.15) is 0 Å². The Bertz CT molecular complexity index is 1190. The van der Waals surface area contributed by atoms with Crippen LogP contribution in [0.2, 0.25) is 0 Å². The summed E-state index contributed by atoms with van der Waals surface area (Å²) in [6.45, 7) is 0. The van der Waals surface area contributed by atoms with Gasteiger partial charge in [0, 0.05) is 29.7 Å². The lowest BCUT2D eigenvalue weighted by Crippen LogP contribution is -2.14. The lowest BCUT2D eigenvalue weighted by atomic mass is 10.0. The van der Waals surface area contributed by atoms with Gasteiger partial charge in [0.25, 0.3) is 11.6 Å². The molecule has 1 aromatic heterocycles. The lowest BCUT2D eigenvalue weighted by molar-refractivity contribution is -0.384. The summed E-state index contributed by atoms with van der Waals surface area (Å²) in [6, 6.07) is 21.9. The highest BCUT2D eigenvalue weighted by molar-refractivity contribution is 6.05. The second-order valence-corrected chi connectivity index (χ2v) is 6.70. The Morgan fingerprint density at radius 3 is 2.53 bits per heavy atom. The molecule has 4 rings (SSSR count). The van der Waals surface area contributed by atoms with Gasteiger partial charge in [-0.3, -0.25) is 14.9 Å². The lowest BCUT2D eigenvalue weighted by Gasteiger charge is -2.12. The fraction of sp³-hybridized carbons (Fsp3) is 0.0435. The van der Waals surface area contributed by atoms with Crippen LogP contribution in [-0.2, 0) is 6.42 Å². The Labute approximate surface area is 172 Å². The predicted molar refractivity (Wildman–Crippen MR) is 114 cm³/mol. The number of carbonyl (C=O) groups excluding carboxylic acids is 1. The average molecular weight is 398 g/mol. The van der Waals surface area contributed by atoms with Gasteiger partial charge in [-0.1, -0.05) is 48.5 Å². The largest absolute Gasteiger partial charge is 0.322 e. The van der Waals surface area contributed by atoms with E-state index in [0.717, 1.165) is 11.1 Å². The summed E-state index contributed by atoms with van der Waals surface area (Å²) < 4.78 is 1.54. The van der Waals surface area contributed by atoms with Crippen molar-refractivity contribution in [3.8, 4) is 5.69 Å². The van der Waals surface area contributed by atoms with Gasteiger partial charge in [-0.05, 0) is 35.7 Å². The first-order valence-corrected chi connectivity index (χ1v) is 9.32. The van der Waals surface area contributed by atoms with Crippen LogP contribution < -0.4 is 5.32 Å². The SMILES string of the molecule is O=C(Nc1ccccc1Cc1ccccc1)c1ccc(-n2ccnc2)c([N+](=O)[O-])c1. The van der Waals surface area contributed by atoms with Crippen molar-refractivity contribution in [2.45, 2.75) is 6.42 Å². The van der Waals surface area contributed by atoms with Crippen LogP contribution in [0, 0.1) is 10.1 Å². The Morgan fingerprint density at radius 2 is 1.80 bits per heavy atom. The number of benzene rings is 3. The van der Waals surface area contributed by atoms with E-state index in [1.165, 1.54) is 23.2 Å². The molecular formula is C23H18N4O3. The van der Waals surface area contributed by atoms with Crippen LogP contribution in [0.25, 0.3) is 5.69 Å². The average Bonchev–Trinajstić information content (AvgIpc) is 3.30. The molecule has 7 heteroatoms. The number of anilines is 1. The van der Waals surface area contributed by atoms with Crippen LogP contribution in [0.3, 0.4) is 0 Å². The van der Waals surface area contributed by atoms with Crippen LogP contribution in [-0.4, -0.2) is 20.4 Å². The Morgan fingerprint density at radius 1 is 1.03 bits per heavy atom. The topological polar surface area (TPSA) is 90.1 Å². The summed E-state index contributed by atoms with van der Waals surface area (Å²) in [5.41, 5.74) is 3.14. The molecule has 148 valence electrons. The van der Waals surface area contributed by atoms with Crippen LogP contribution in [0.1, 0.15) is 21.5 Å². The first kappa shape index (κ1) is 19.1. The molecular weight excluding hydrogens is 380 g/mol. The van der Waals surface area contributed by atoms with Gasteiger partial charge in [0.05, 0.1) is 11.3 Å². The number of nitrogens with zero attached hydrogens (tertiary/aromatic N) is 3. The van der Waals surface area contributed by atoms with Gasteiger partial charge >= 0.3 is 0 Å². The monoisotopic (exact) mass is 398 g/mol. The molecule has 0 aliphatic carbocycles. The van der Waals surface area contributed by atoms with Crippen molar-refractivity contribution >= 4 is 17.3 Å². The quantitative estimate of drug-likeness (QED) is 0.379. The highest BCUT2D eigenvalue weighted by atomic mass is 16.6. The van der Waals surface area contributed by atoms with Gasteiger partial charge in [-0.15, -0.1) is 0 Å². The minimum absolute atomic E-state index is 0.168. The summed E-state index contributed by atoms with van der Waals surface area (Å²) in [7, 11) is 0. The van der Waals surface area contributed by atoms with Crippen molar-refractivity contribution in [1.29, 1.82) is 0 Å². The maximum Gasteiger partial charge on any atom is 0.294 e. The van der Waals surface area contributed by atoms with Gasteiger partial charge in [0.2, 0.25) is 0 Å². The number of aromatic nitrogens is 2. The number of amides is 1. The number of nitro groups is 1. The summed E-state index contributed by atoms with van der Waals surface area (Å²) in [5, 5.41) is 14.4. The molecule has 0 atom stereocenters.